The van der Waals surface area contributed by atoms with Gasteiger partial charge in [-0.25, -0.2) is 8.42 Å². The third kappa shape index (κ3) is 6.23. The Hall–Kier alpha value is -2.09. The zero-order valence-electron chi connectivity index (χ0n) is 15.3. The number of benzene rings is 2. The highest BCUT2D eigenvalue weighted by atomic mass is 35.5. The van der Waals surface area contributed by atoms with Crippen LogP contribution in [0.1, 0.15) is 29.3 Å². The van der Waals surface area contributed by atoms with Gasteiger partial charge in [-0.1, -0.05) is 29.3 Å². The highest BCUT2D eigenvalue weighted by Gasteiger charge is 2.16. The molecular formula is C19H23ClN2O4S. The minimum Gasteiger partial charge on any atom is -0.382 e. The van der Waals surface area contributed by atoms with Crippen LogP contribution in [0.4, 0.5) is 5.69 Å². The first-order valence-corrected chi connectivity index (χ1v) is 10.4. The minimum atomic E-state index is -3.73. The second-order valence-electron chi connectivity index (χ2n) is 5.92. The molecule has 2 rings (SSSR count). The van der Waals surface area contributed by atoms with Crippen LogP contribution >= 0.6 is 11.6 Å². The molecule has 0 radical (unpaired) electrons. The molecule has 0 aliphatic carbocycles. The first-order valence-electron chi connectivity index (χ1n) is 8.58. The maximum Gasteiger partial charge on any atom is 0.261 e. The molecule has 6 nitrogen and oxygen atoms in total. The Kier molecular flexibility index (Phi) is 7.65. The molecule has 146 valence electrons. The Morgan fingerprint density at radius 3 is 2.48 bits per heavy atom. The van der Waals surface area contributed by atoms with Crippen LogP contribution < -0.4 is 10.0 Å². The quantitative estimate of drug-likeness (QED) is 0.618. The van der Waals surface area contributed by atoms with Crippen LogP contribution in [-0.2, 0) is 14.8 Å². The first kappa shape index (κ1) is 21.2. The summed E-state index contributed by atoms with van der Waals surface area (Å²) in [4.78, 5) is 12.3. The van der Waals surface area contributed by atoms with E-state index < -0.39 is 10.0 Å². The lowest BCUT2D eigenvalue weighted by molar-refractivity contribution is 0.0944. The van der Waals surface area contributed by atoms with Crippen LogP contribution in [0, 0.1) is 6.92 Å². The fourth-order valence-corrected chi connectivity index (χ4v) is 3.63. The lowest BCUT2D eigenvalue weighted by Gasteiger charge is -2.11. The van der Waals surface area contributed by atoms with Gasteiger partial charge in [0, 0.05) is 19.8 Å². The Bertz CT molecular complexity index is 883. The maximum atomic E-state index is 12.4. The number of aryl methyl sites for hydroxylation is 1. The van der Waals surface area contributed by atoms with Gasteiger partial charge in [0.1, 0.15) is 0 Å². The van der Waals surface area contributed by atoms with Gasteiger partial charge in [0.2, 0.25) is 0 Å². The van der Waals surface area contributed by atoms with Crippen molar-refractivity contribution < 1.29 is 17.9 Å². The monoisotopic (exact) mass is 410 g/mol. The van der Waals surface area contributed by atoms with Gasteiger partial charge in [-0.2, -0.15) is 0 Å². The van der Waals surface area contributed by atoms with Crippen molar-refractivity contribution >= 4 is 33.2 Å². The van der Waals surface area contributed by atoms with Crippen LogP contribution in [-0.4, -0.2) is 34.1 Å². The molecule has 0 heterocycles. The van der Waals surface area contributed by atoms with E-state index in [1.54, 1.807) is 12.1 Å². The Morgan fingerprint density at radius 1 is 1.15 bits per heavy atom. The summed E-state index contributed by atoms with van der Waals surface area (Å²) in [6.07, 6.45) is 0.700. The van der Waals surface area contributed by atoms with E-state index in [-0.39, 0.29) is 27.1 Å². The summed E-state index contributed by atoms with van der Waals surface area (Å²) in [7, 11) is -3.73. The van der Waals surface area contributed by atoms with Gasteiger partial charge in [0.15, 0.2) is 0 Å². The van der Waals surface area contributed by atoms with Crippen molar-refractivity contribution in [1.29, 1.82) is 0 Å². The average Bonchev–Trinajstić information content (AvgIpc) is 2.61. The van der Waals surface area contributed by atoms with Crippen molar-refractivity contribution in [1.82, 2.24) is 5.32 Å². The molecule has 0 aliphatic rings. The van der Waals surface area contributed by atoms with Gasteiger partial charge < -0.3 is 10.1 Å². The van der Waals surface area contributed by atoms with E-state index in [2.05, 4.69) is 10.0 Å². The van der Waals surface area contributed by atoms with Gasteiger partial charge in [-0.3, -0.25) is 9.52 Å². The molecule has 0 saturated carbocycles. The Balaban J connectivity index is 2.03. The number of carbonyl (C=O) groups excluding carboxylic acids is 1. The van der Waals surface area contributed by atoms with Gasteiger partial charge in [0.05, 0.1) is 21.2 Å². The number of ether oxygens (including phenoxy) is 1. The number of carbonyl (C=O) groups is 1. The summed E-state index contributed by atoms with van der Waals surface area (Å²) >= 11 is 6.16. The van der Waals surface area contributed by atoms with E-state index in [0.717, 1.165) is 5.56 Å². The summed E-state index contributed by atoms with van der Waals surface area (Å²) in [5, 5.41) is 2.92. The largest absolute Gasteiger partial charge is 0.382 e. The fourth-order valence-electron chi connectivity index (χ4n) is 2.31. The molecule has 0 spiro atoms. The smallest absolute Gasteiger partial charge is 0.261 e. The number of amides is 1. The topological polar surface area (TPSA) is 84.5 Å². The number of sulfonamides is 1. The summed E-state index contributed by atoms with van der Waals surface area (Å²) < 4.78 is 32.5. The molecular weight excluding hydrogens is 388 g/mol. The van der Waals surface area contributed by atoms with E-state index >= 15 is 0 Å². The molecule has 0 bridgehead atoms. The van der Waals surface area contributed by atoms with Gasteiger partial charge in [-0.05, 0) is 50.6 Å². The molecule has 0 aromatic heterocycles. The highest BCUT2D eigenvalue weighted by Crippen LogP contribution is 2.23. The molecule has 1 amide bonds. The van der Waals surface area contributed by atoms with Crippen molar-refractivity contribution in [3.05, 3.63) is 58.6 Å². The number of anilines is 1. The van der Waals surface area contributed by atoms with Crippen molar-refractivity contribution in [3.63, 3.8) is 0 Å². The third-order valence-corrected chi connectivity index (χ3v) is 5.46. The number of hydrogen-bond acceptors (Lipinski definition) is 4. The predicted molar refractivity (Wildman–Crippen MR) is 107 cm³/mol. The van der Waals surface area contributed by atoms with Crippen LogP contribution in [0.2, 0.25) is 5.02 Å². The SMILES string of the molecule is CCOCCCNC(=O)c1ccc(NS(=O)(=O)c2ccc(C)cc2)cc1Cl. The maximum absolute atomic E-state index is 12.4. The molecule has 27 heavy (non-hydrogen) atoms. The molecule has 0 atom stereocenters. The van der Waals surface area contributed by atoms with Gasteiger partial charge >= 0.3 is 0 Å². The molecule has 2 aromatic carbocycles. The van der Waals surface area contributed by atoms with Crippen LogP contribution in [0.3, 0.4) is 0 Å². The summed E-state index contributed by atoms with van der Waals surface area (Å²) in [5.74, 6) is -0.315. The minimum absolute atomic E-state index is 0.153. The average molecular weight is 411 g/mol. The second kappa shape index (κ2) is 9.73. The van der Waals surface area contributed by atoms with Gasteiger partial charge in [-0.15, -0.1) is 0 Å². The normalized spacial score (nSPS) is 11.2. The molecule has 2 aromatic rings. The zero-order chi connectivity index (χ0) is 19.9. The molecule has 8 heteroatoms. The summed E-state index contributed by atoms with van der Waals surface area (Å²) in [6.45, 7) is 5.47. The molecule has 2 N–H and O–H groups in total. The van der Waals surface area contributed by atoms with E-state index in [9.17, 15) is 13.2 Å². The summed E-state index contributed by atoms with van der Waals surface area (Å²) in [6, 6.07) is 10.9. The standard InChI is InChI=1S/C19H23ClN2O4S/c1-3-26-12-4-11-21-19(23)17-10-7-15(13-18(17)20)22-27(24,25)16-8-5-14(2)6-9-16/h5-10,13,22H,3-4,11-12H2,1-2H3,(H,21,23). The van der Waals surface area contributed by atoms with Crippen molar-refractivity contribution in [2.24, 2.45) is 0 Å². The Morgan fingerprint density at radius 2 is 1.85 bits per heavy atom. The van der Waals surface area contributed by atoms with Crippen molar-refractivity contribution in [3.8, 4) is 0 Å². The number of nitrogens with one attached hydrogen (secondary N) is 2. The number of hydrogen-bond donors (Lipinski definition) is 2. The van der Waals surface area contributed by atoms with E-state index in [4.69, 9.17) is 16.3 Å². The summed E-state index contributed by atoms with van der Waals surface area (Å²) in [5.41, 5.74) is 1.54. The van der Waals surface area contributed by atoms with Gasteiger partial charge in [0.25, 0.3) is 15.9 Å². The van der Waals surface area contributed by atoms with E-state index in [1.165, 1.54) is 30.3 Å². The molecule has 0 aliphatic heterocycles. The Labute approximate surface area is 164 Å². The predicted octanol–water partition coefficient (Wildman–Crippen LogP) is 3.61. The van der Waals surface area contributed by atoms with Crippen LogP contribution in [0.5, 0.6) is 0 Å². The van der Waals surface area contributed by atoms with E-state index in [0.29, 0.717) is 26.2 Å². The molecule has 0 unspecified atom stereocenters. The fraction of sp³-hybridized carbons (Fsp3) is 0.316. The van der Waals surface area contributed by atoms with Crippen LogP contribution in [0.25, 0.3) is 0 Å². The lowest BCUT2D eigenvalue weighted by Crippen LogP contribution is -2.25. The third-order valence-electron chi connectivity index (χ3n) is 3.75. The van der Waals surface area contributed by atoms with E-state index in [1.807, 2.05) is 13.8 Å². The van der Waals surface area contributed by atoms with Crippen molar-refractivity contribution in [2.45, 2.75) is 25.2 Å². The lowest BCUT2D eigenvalue weighted by atomic mass is 10.2. The highest BCUT2D eigenvalue weighted by molar-refractivity contribution is 7.92. The number of rotatable bonds is 9. The second-order valence-corrected chi connectivity index (χ2v) is 8.01. The molecule has 0 fully saturated rings. The number of halogens is 1. The zero-order valence-corrected chi connectivity index (χ0v) is 16.9. The van der Waals surface area contributed by atoms with Crippen LogP contribution in [0.15, 0.2) is 47.4 Å². The first-order chi connectivity index (χ1) is 12.8. The molecule has 0 saturated heterocycles. The van der Waals surface area contributed by atoms with Crippen molar-refractivity contribution in [2.75, 3.05) is 24.5 Å².